The van der Waals surface area contributed by atoms with Crippen LogP contribution in [0.5, 0.6) is 0 Å². The van der Waals surface area contributed by atoms with Crippen molar-refractivity contribution >= 4 is 0 Å². The lowest BCUT2D eigenvalue weighted by Gasteiger charge is -2.42. The minimum absolute atomic E-state index is 0.193. The van der Waals surface area contributed by atoms with Gasteiger partial charge in [0.15, 0.2) is 6.23 Å². The van der Waals surface area contributed by atoms with E-state index in [1.165, 1.54) is 12.8 Å². The number of methoxy groups -OCH3 is 1. The van der Waals surface area contributed by atoms with E-state index in [0.29, 0.717) is 5.70 Å². The Morgan fingerprint density at radius 2 is 2.19 bits per heavy atom. The SMILES string of the molecule is CO[C@@H]1CCCC[C@@H]1N1C=CC=C(N)C1O. The van der Waals surface area contributed by atoms with Gasteiger partial charge in [0.05, 0.1) is 17.8 Å². The van der Waals surface area contributed by atoms with Gasteiger partial charge in [-0.25, -0.2) is 0 Å². The molecule has 16 heavy (non-hydrogen) atoms. The summed E-state index contributed by atoms with van der Waals surface area (Å²) in [5.74, 6) is 0. The molecule has 0 radical (unpaired) electrons. The number of hydrogen-bond acceptors (Lipinski definition) is 4. The van der Waals surface area contributed by atoms with Crippen molar-refractivity contribution < 1.29 is 9.84 Å². The van der Waals surface area contributed by atoms with Crippen LogP contribution < -0.4 is 5.73 Å². The summed E-state index contributed by atoms with van der Waals surface area (Å²) in [5, 5.41) is 10.0. The fourth-order valence-electron chi connectivity index (χ4n) is 2.58. The Hall–Kier alpha value is -1.00. The highest BCUT2D eigenvalue weighted by molar-refractivity contribution is 5.19. The Labute approximate surface area is 96.4 Å². The first-order valence-electron chi connectivity index (χ1n) is 5.86. The second-order valence-electron chi connectivity index (χ2n) is 4.46. The number of ether oxygens (including phenoxy) is 1. The average molecular weight is 224 g/mol. The average Bonchev–Trinajstić information content (AvgIpc) is 2.33. The highest BCUT2D eigenvalue weighted by Crippen LogP contribution is 2.28. The number of nitrogens with two attached hydrogens (primary N) is 1. The molecule has 0 saturated heterocycles. The molecule has 0 amide bonds. The topological polar surface area (TPSA) is 58.7 Å². The maximum Gasteiger partial charge on any atom is 0.167 e. The van der Waals surface area contributed by atoms with Crippen molar-refractivity contribution in [2.24, 2.45) is 5.73 Å². The van der Waals surface area contributed by atoms with E-state index < -0.39 is 6.23 Å². The van der Waals surface area contributed by atoms with Crippen LogP contribution in [0, 0.1) is 0 Å². The van der Waals surface area contributed by atoms with Crippen molar-refractivity contribution in [3.05, 3.63) is 24.0 Å². The molecule has 2 aliphatic rings. The first-order chi connectivity index (χ1) is 7.74. The molecule has 1 saturated carbocycles. The van der Waals surface area contributed by atoms with Crippen molar-refractivity contribution in [3.8, 4) is 0 Å². The van der Waals surface area contributed by atoms with Gasteiger partial charge >= 0.3 is 0 Å². The van der Waals surface area contributed by atoms with Gasteiger partial charge in [-0.2, -0.15) is 0 Å². The van der Waals surface area contributed by atoms with Crippen molar-refractivity contribution in [1.29, 1.82) is 0 Å². The van der Waals surface area contributed by atoms with Crippen LogP contribution in [0.3, 0.4) is 0 Å². The number of rotatable bonds is 2. The van der Waals surface area contributed by atoms with Crippen LogP contribution in [0.2, 0.25) is 0 Å². The van der Waals surface area contributed by atoms with Crippen molar-refractivity contribution in [2.75, 3.05) is 7.11 Å². The highest BCUT2D eigenvalue weighted by Gasteiger charge is 2.33. The second kappa shape index (κ2) is 4.89. The van der Waals surface area contributed by atoms with E-state index in [-0.39, 0.29) is 12.1 Å². The van der Waals surface area contributed by atoms with E-state index in [1.807, 2.05) is 17.2 Å². The van der Waals surface area contributed by atoms with E-state index in [9.17, 15) is 5.11 Å². The molecule has 0 aromatic heterocycles. The van der Waals surface area contributed by atoms with Gasteiger partial charge < -0.3 is 20.5 Å². The molecule has 1 aliphatic carbocycles. The highest BCUT2D eigenvalue weighted by atomic mass is 16.5. The van der Waals surface area contributed by atoms with Crippen LogP contribution >= 0.6 is 0 Å². The summed E-state index contributed by atoms with van der Waals surface area (Å²) >= 11 is 0. The van der Waals surface area contributed by atoms with E-state index in [1.54, 1.807) is 13.2 Å². The Balaban J connectivity index is 2.11. The Morgan fingerprint density at radius 1 is 1.44 bits per heavy atom. The van der Waals surface area contributed by atoms with Gasteiger partial charge in [0.1, 0.15) is 0 Å². The predicted molar refractivity (Wildman–Crippen MR) is 62.3 cm³/mol. The van der Waals surface area contributed by atoms with Crippen LogP contribution in [0.15, 0.2) is 24.0 Å². The van der Waals surface area contributed by atoms with Gasteiger partial charge in [-0.05, 0) is 25.0 Å². The molecule has 3 atom stereocenters. The first-order valence-corrected chi connectivity index (χ1v) is 5.86. The molecular formula is C12H20N2O2. The lowest BCUT2D eigenvalue weighted by atomic mass is 9.90. The molecule has 3 N–H and O–H groups in total. The van der Waals surface area contributed by atoms with Gasteiger partial charge in [0, 0.05) is 13.3 Å². The van der Waals surface area contributed by atoms with E-state index in [2.05, 4.69) is 0 Å². The van der Waals surface area contributed by atoms with Gasteiger partial charge in [0.25, 0.3) is 0 Å². The zero-order valence-corrected chi connectivity index (χ0v) is 9.67. The summed E-state index contributed by atoms with van der Waals surface area (Å²) in [6, 6.07) is 0.234. The molecule has 0 aromatic carbocycles. The monoisotopic (exact) mass is 224 g/mol. The standard InChI is InChI=1S/C12H20N2O2/c1-16-11-7-3-2-6-10(11)14-8-4-5-9(13)12(14)15/h4-5,8,10-12,15H,2-3,6-7,13H2,1H3/t10-,11+,12?/m0/s1. The maximum absolute atomic E-state index is 10.0. The first kappa shape index (κ1) is 11.5. The van der Waals surface area contributed by atoms with Crippen LogP contribution in [-0.2, 0) is 4.74 Å². The van der Waals surface area contributed by atoms with Gasteiger partial charge in [0.2, 0.25) is 0 Å². The van der Waals surface area contributed by atoms with E-state index >= 15 is 0 Å². The molecule has 4 heteroatoms. The third-order valence-corrected chi connectivity index (χ3v) is 3.48. The van der Waals surface area contributed by atoms with Crippen molar-refractivity contribution in [2.45, 2.75) is 44.1 Å². The van der Waals surface area contributed by atoms with Crippen molar-refractivity contribution in [3.63, 3.8) is 0 Å². The van der Waals surface area contributed by atoms with Crippen LogP contribution in [0.4, 0.5) is 0 Å². The molecule has 1 aliphatic heterocycles. The lowest BCUT2D eigenvalue weighted by molar-refractivity contribution is -0.0478. The van der Waals surface area contributed by atoms with E-state index in [0.717, 1.165) is 12.8 Å². The van der Waals surface area contributed by atoms with Gasteiger partial charge in [-0.3, -0.25) is 0 Å². The van der Waals surface area contributed by atoms with Crippen LogP contribution in [0.1, 0.15) is 25.7 Å². The molecule has 2 rings (SSSR count). The van der Waals surface area contributed by atoms with Crippen molar-refractivity contribution in [1.82, 2.24) is 4.90 Å². The molecule has 0 aromatic rings. The molecule has 4 nitrogen and oxygen atoms in total. The third-order valence-electron chi connectivity index (χ3n) is 3.48. The van der Waals surface area contributed by atoms with Gasteiger partial charge in [-0.15, -0.1) is 0 Å². The zero-order valence-electron chi connectivity index (χ0n) is 9.67. The Morgan fingerprint density at radius 3 is 2.94 bits per heavy atom. The minimum atomic E-state index is -0.703. The summed E-state index contributed by atoms with van der Waals surface area (Å²) < 4.78 is 5.49. The molecule has 0 spiro atoms. The molecule has 90 valence electrons. The largest absolute Gasteiger partial charge is 0.398 e. The number of aliphatic hydroxyl groups excluding tert-OH is 1. The van der Waals surface area contributed by atoms with Crippen LogP contribution in [-0.4, -0.2) is 35.5 Å². The molecule has 0 bridgehead atoms. The third kappa shape index (κ3) is 2.08. The molecule has 1 unspecified atom stereocenters. The minimum Gasteiger partial charge on any atom is -0.398 e. The smallest absolute Gasteiger partial charge is 0.167 e. The maximum atomic E-state index is 10.0. The molecular weight excluding hydrogens is 204 g/mol. The normalized spacial score (nSPS) is 35.0. The summed E-state index contributed by atoms with van der Waals surface area (Å²) in [6.45, 7) is 0. The Kier molecular flexibility index (Phi) is 3.51. The predicted octanol–water partition coefficient (Wildman–Crippen LogP) is 0.934. The lowest BCUT2D eigenvalue weighted by Crippen LogP contribution is -2.50. The quantitative estimate of drug-likeness (QED) is 0.732. The summed E-state index contributed by atoms with van der Waals surface area (Å²) in [6.07, 6.45) is 9.51. The molecule has 1 fully saturated rings. The number of aliphatic hydroxyl groups is 1. The summed E-state index contributed by atoms with van der Waals surface area (Å²) in [7, 11) is 1.74. The number of allylic oxidation sites excluding steroid dienone is 2. The summed E-state index contributed by atoms with van der Waals surface area (Å²) in [4.78, 5) is 1.92. The number of nitrogens with zero attached hydrogens (tertiary/aromatic N) is 1. The zero-order chi connectivity index (χ0) is 11.5. The summed E-state index contributed by atoms with van der Waals surface area (Å²) in [5.41, 5.74) is 6.24. The molecule has 1 heterocycles. The number of hydrogen-bond donors (Lipinski definition) is 2. The fourth-order valence-corrected chi connectivity index (χ4v) is 2.58. The second-order valence-corrected chi connectivity index (χ2v) is 4.46. The van der Waals surface area contributed by atoms with Gasteiger partial charge in [-0.1, -0.05) is 12.8 Å². The van der Waals surface area contributed by atoms with E-state index in [4.69, 9.17) is 10.5 Å². The van der Waals surface area contributed by atoms with Crippen LogP contribution in [0.25, 0.3) is 0 Å². The fraction of sp³-hybridized carbons (Fsp3) is 0.667. The Bertz CT molecular complexity index is 301.